The summed E-state index contributed by atoms with van der Waals surface area (Å²) >= 11 is 0. The highest BCUT2D eigenvalue weighted by Crippen LogP contribution is 2.31. The van der Waals surface area contributed by atoms with Crippen molar-refractivity contribution in [2.75, 3.05) is 31.9 Å². The third-order valence-electron chi connectivity index (χ3n) is 4.09. The van der Waals surface area contributed by atoms with Crippen LogP contribution >= 0.6 is 0 Å². The van der Waals surface area contributed by atoms with E-state index in [1.807, 2.05) is 6.92 Å². The summed E-state index contributed by atoms with van der Waals surface area (Å²) in [6, 6.07) is 11.7. The van der Waals surface area contributed by atoms with Gasteiger partial charge in [-0.05, 0) is 31.2 Å². The molecule has 0 aliphatic rings. The molecule has 6 nitrogen and oxygen atoms in total. The quantitative estimate of drug-likeness (QED) is 0.742. The highest BCUT2D eigenvalue weighted by atomic mass is 32.2. The van der Waals surface area contributed by atoms with Crippen LogP contribution in [-0.2, 0) is 14.6 Å². The van der Waals surface area contributed by atoms with Crippen LogP contribution in [0.3, 0.4) is 0 Å². The first-order valence-electron chi connectivity index (χ1n) is 8.06. The van der Waals surface area contributed by atoms with Crippen molar-refractivity contribution >= 4 is 21.4 Å². The van der Waals surface area contributed by atoms with Gasteiger partial charge in [0.1, 0.15) is 0 Å². The van der Waals surface area contributed by atoms with Crippen molar-refractivity contribution < 1.29 is 22.7 Å². The number of amides is 1. The van der Waals surface area contributed by atoms with E-state index in [0.29, 0.717) is 17.2 Å². The molecule has 0 saturated heterocycles. The second-order valence-electron chi connectivity index (χ2n) is 5.87. The Morgan fingerprint density at radius 1 is 1.00 bits per heavy atom. The monoisotopic (exact) mass is 377 g/mol. The molecule has 0 spiro atoms. The molecular formula is C19H23NO5S. The van der Waals surface area contributed by atoms with Gasteiger partial charge in [0.05, 0.1) is 24.9 Å². The fraction of sp³-hybridized carbons (Fsp3) is 0.316. The van der Waals surface area contributed by atoms with E-state index in [9.17, 15) is 13.2 Å². The van der Waals surface area contributed by atoms with Gasteiger partial charge in [-0.15, -0.1) is 0 Å². The van der Waals surface area contributed by atoms with Gasteiger partial charge in [-0.25, -0.2) is 8.42 Å². The summed E-state index contributed by atoms with van der Waals surface area (Å²) < 4.78 is 35.2. The predicted octanol–water partition coefficient (Wildman–Crippen LogP) is 2.84. The smallest absolute Gasteiger partial charge is 0.227 e. The fourth-order valence-electron chi connectivity index (χ4n) is 2.43. The maximum atomic E-state index is 12.4. The molecular weight excluding hydrogens is 354 g/mol. The summed E-state index contributed by atoms with van der Waals surface area (Å²) in [4.78, 5) is 14.1. The van der Waals surface area contributed by atoms with Crippen LogP contribution in [0.1, 0.15) is 12.0 Å². The van der Waals surface area contributed by atoms with Gasteiger partial charge in [0.2, 0.25) is 5.91 Å². The minimum Gasteiger partial charge on any atom is -0.493 e. The van der Waals surface area contributed by atoms with Gasteiger partial charge in [-0.1, -0.05) is 17.7 Å². The van der Waals surface area contributed by atoms with Crippen molar-refractivity contribution in [3.8, 4) is 11.5 Å². The van der Waals surface area contributed by atoms with Crippen LogP contribution in [0.15, 0.2) is 47.4 Å². The molecule has 2 aromatic rings. The molecule has 0 bridgehead atoms. The van der Waals surface area contributed by atoms with Gasteiger partial charge in [0.15, 0.2) is 21.3 Å². The Morgan fingerprint density at radius 2 is 1.62 bits per heavy atom. The van der Waals surface area contributed by atoms with Crippen LogP contribution in [0.25, 0.3) is 0 Å². The largest absolute Gasteiger partial charge is 0.493 e. The van der Waals surface area contributed by atoms with Crippen LogP contribution in [-0.4, -0.2) is 41.3 Å². The van der Waals surface area contributed by atoms with Crippen LogP contribution < -0.4 is 14.4 Å². The normalized spacial score (nSPS) is 11.1. The second kappa shape index (κ2) is 8.23. The first-order valence-corrected chi connectivity index (χ1v) is 9.71. The molecule has 0 heterocycles. The number of rotatable bonds is 7. The van der Waals surface area contributed by atoms with Crippen molar-refractivity contribution in [3.63, 3.8) is 0 Å². The van der Waals surface area contributed by atoms with Gasteiger partial charge >= 0.3 is 0 Å². The summed E-state index contributed by atoms with van der Waals surface area (Å²) in [5.41, 5.74) is 1.58. The molecule has 7 heteroatoms. The minimum absolute atomic E-state index is 0.110. The average molecular weight is 377 g/mol. The van der Waals surface area contributed by atoms with Gasteiger partial charge in [-0.3, -0.25) is 4.79 Å². The van der Waals surface area contributed by atoms with Gasteiger partial charge in [0, 0.05) is 25.2 Å². The summed E-state index contributed by atoms with van der Waals surface area (Å²) in [5, 5.41) is 0. The fourth-order valence-corrected chi connectivity index (χ4v) is 3.66. The Bertz CT molecular complexity index is 875. The molecule has 1 amide bonds. The minimum atomic E-state index is -3.50. The van der Waals surface area contributed by atoms with Crippen molar-refractivity contribution in [1.29, 1.82) is 0 Å². The van der Waals surface area contributed by atoms with E-state index >= 15 is 0 Å². The first-order chi connectivity index (χ1) is 12.3. The number of carbonyl (C=O) groups excluding carboxylic acids is 1. The number of ether oxygens (including phenoxy) is 2. The number of hydrogen-bond acceptors (Lipinski definition) is 5. The second-order valence-corrected chi connectivity index (χ2v) is 7.98. The first kappa shape index (κ1) is 19.8. The molecule has 0 aliphatic carbocycles. The maximum absolute atomic E-state index is 12.4. The van der Waals surface area contributed by atoms with Gasteiger partial charge in [0.25, 0.3) is 0 Å². The third-order valence-corrected chi connectivity index (χ3v) is 5.83. The molecule has 140 valence electrons. The zero-order valence-electron chi connectivity index (χ0n) is 15.4. The lowest BCUT2D eigenvalue weighted by atomic mass is 10.2. The molecule has 0 N–H and O–H groups in total. The summed E-state index contributed by atoms with van der Waals surface area (Å²) in [7, 11) is 1.14. The lowest BCUT2D eigenvalue weighted by molar-refractivity contribution is -0.117. The molecule has 0 fully saturated rings. The molecule has 0 atom stereocenters. The van der Waals surface area contributed by atoms with Crippen molar-refractivity contribution in [1.82, 2.24) is 0 Å². The third kappa shape index (κ3) is 4.54. The van der Waals surface area contributed by atoms with Crippen molar-refractivity contribution in [2.45, 2.75) is 18.2 Å². The summed E-state index contributed by atoms with van der Waals surface area (Å²) in [5.74, 6) is 0.510. The summed E-state index contributed by atoms with van der Waals surface area (Å²) in [6.45, 7) is 1.89. The molecule has 0 unspecified atom stereocenters. The zero-order valence-corrected chi connectivity index (χ0v) is 16.2. The average Bonchev–Trinajstić information content (AvgIpc) is 2.65. The number of benzene rings is 2. The Morgan fingerprint density at radius 3 is 2.19 bits per heavy atom. The van der Waals surface area contributed by atoms with E-state index in [2.05, 4.69) is 0 Å². The highest BCUT2D eigenvalue weighted by molar-refractivity contribution is 7.91. The standard InChI is InChI=1S/C19H23NO5S/c1-14-5-8-16(9-6-14)26(22,23)12-11-19(21)20(2)15-7-10-17(24-3)18(13-15)25-4/h5-10,13H,11-12H2,1-4H3. The number of sulfone groups is 1. The Balaban J connectivity index is 2.08. The number of nitrogens with zero attached hydrogens (tertiary/aromatic N) is 1. The molecule has 0 aliphatic heterocycles. The lowest BCUT2D eigenvalue weighted by Gasteiger charge is -2.19. The van der Waals surface area contributed by atoms with Crippen molar-refractivity contribution in [2.24, 2.45) is 0 Å². The van der Waals surface area contributed by atoms with E-state index in [-0.39, 0.29) is 23.0 Å². The molecule has 0 aromatic heterocycles. The Kier molecular flexibility index (Phi) is 6.26. The van der Waals surface area contributed by atoms with E-state index in [0.717, 1.165) is 5.56 Å². The Labute approximate surface area is 154 Å². The van der Waals surface area contributed by atoms with Gasteiger partial charge < -0.3 is 14.4 Å². The van der Waals surface area contributed by atoms with Crippen LogP contribution in [0.2, 0.25) is 0 Å². The number of carbonyl (C=O) groups is 1. The molecule has 0 saturated carbocycles. The number of aryl methyl sites for hydroxylation is 1. The number of methoxy groups -OCH3 is 2. The molecule has 26 heavy (non-hydrogen) atoms. The number of hydrogen-bond donors (Lipinski definition) is 0. The topological polar surface area (TPSA) is 72.9 Å². The molecule has 2 aromatic carbocycles. The maximum Gasteiger partial charge on any atom is 0.227 e. The molecule has 2 rings (SSSR count). The van der Waals surface area contributed by atoms with Crippen LogP contribution in [0, 0.1) is 6.92 Å². The van der Waals surface area contributed by atoms with E-state index in [4.69, 9.17) is 9.47 Å². The van der Waals surface area contributed by atoms with E-state index in [1.165, 1.54) is 19.1 Å². The predicted molar refractivity (Wildman–Crippen MR) is 101 cm³/mol. The zero-order chi connectivity index (χ0) is 19.3. The van der Waals surface area contributed by atoms with Crippen molar-refractivity contribution in [3.05, 3.63) is 48.0 Å². The SMILES string of the molecule is COc1ccc(N(C)C(=O)CCS(=O)(=O)c2ccc(C)cc2)cc1OC. The Hall–Kier alpha value is -2.54. The number of anilines is 1. The highest BCUT2D eigenvalue weighted by Gasteiger charge is 2.19. The summed E-state index contributed by atoms with van der Waals surface area (Å²) in [6.07, 6.45) is -0.110. The van der Waals surface area contributed by atoms with Crippen LogP contribution in [0.5, 0.6) is 11.5 Å². The lowest BCUT2D eigenvalue weighted by Crippen LogP contribution is -2.28. The van der Waals surface area contributed by atoms with E-state index < -0.39 is 9.84 Å². The van der Waals surface area contributed by atoms with E-state index in [1.54, 1.807) is 49.5 Å². The van der Waals surface area contributed by atoms with Crippen LogP contribution in [0.4, 0.5) is 5.69 Å². The molecule has 0 radical (unpaired) electrons. The van der Waals surface area contributed by atoms with Gasteiger partial charge in [-0.2, -0.15) is 0 Å².